The zero-order chi connectivity index (χ0) is 22.4. The molecule has 0 bridgehead atoms. The van der Waals surface area contributed by atoms with Crippen molar-refractivity contribution in [1.29, 1.82) is 0 Å². The van der Waals surface area contributed by atoms with Crippen molar-refractivity contribution in [2.24, 2.45) is 0 Å². The largest absolute Gasteiger partial charge is 0.497 e. The van der Waals surface area contributed by atoms with Crippen molar-refractivity contribution in [2.45, 2.75) is 13.8 Å². The fourth-order valence-electron chi connectivity index (χ4n) is 3.15. The zero-order valence-corrected chi connectivity index (χ0v) is 19.4. The Kier molecular flexibility index (Phi) is 7.49. The van der Waals surface area contributed by atoms with E-state index in [1.807, 2.05) is 37.3 Å². The predicted octanol–water partition coefficient (Wildman–Crippen LogP) is 5.73. The van der Waals surface area contributed by atoms with Gasteiger partial charge in [0.05, 0.1) is 26.5 Å². The summed E-state index contributed by atoms with van der Waals surface area (Å²) < 4.78 is 16.0. The molecule has 0 aliphatic carbocycles. The lowest BCUT2D eigenvalue weighted by atomic mass is 10.0. The summed E-state index contributed by atoms with van der Waals surface area (Å²) in [6.45, 7) is 4.04. The predicted molar refractivity (Wildman–Crippen MR) is 130 cm³/mol. The standard InChI is InChI=1S/C23H24N2O4S2/c1-5-29-22(26)20-19(15-9-7-6-8-10-15)14(2)31-21(20)25-23(30)24-17-13-16(27-3)11-12-18(17)28-4/h6-13H,5H2,1-4H3,(H2,24,25,30). The second kappa shape index (κ2) is 10.3. The second-order valence-corrected chi connectivity index (χ2v) is 8.10. The highest BCUT2D eigenvalue weighted by Crippen LogP contribution is 2.40. The number of hydrogen-bond donors (Lipinski definition) is 2. The van der Waals surface area contributed by atoms with Gasteiger partial charge in [0.25, 0.3) is 0 Å². The third-order valence-corrected chi connectivity index (χ3v) is 5.73. The number of carbonyl (C=O) groups excluding carboxylic acids is 1. The zero-order valence-electron chi connectivity index (χ0n) is 17.8. The van der Waals surface area contributed by atoms with Crippen molar-refractivity contribution in [3.05, 3.63) is 59.0 Å². The van der Waals surface area contributed by atoms with Crippen LogP contribution in [-0.2, 0) is 4.74 Å². The highest BCUT2D eigenvalue weighted by Gasteiger charge is 2.25. The molecule has 0 radical (unpaired) electrons. The highest BCUT2D eigenvalue weighted by atomic mass is 32.1. The molecule has 2 N–H and O–H groups in total. The monoisotopic (exact) mass is 456 g/mol. The number of hydrogen-bond acceptors (Lipinski definition) is 6. The van der Waals surface area contributed by atoms with Gasteiger partial charge in [-0.15, -0.1) is 11.3 Å². The molecule has 3 rings (SSSR count). The molecule has 0 amide bonds. The molecule has 0 saturated heterocycles. The van der Waals surface area contributed by atoms with Gasteiger partial charge in [-0.3, -0.25) is 0 Å². The summed E-state index contributed by atoms with van der Waals surface area (Å²) in [5.74, 6) is 0.884. The first kappa shape index (κ1) is 22.6. The summed E-state index contributed by atoms with van der Waals surface area (Å²) in [5, 5.41) is 7.22. The number of methoxy groups -OCH3 is 2. The molecule has 2 aromatic carbocycles. The van der Waals surface area contributed by atoms with Gasteiger partial charge < -0.3 is 24.8 Å². The number of benzene rings is 2. The summed E-state index contributed by atoms with van der Waals surface area (Å²) >= 11 is 6.97. The Hall–Kier alpha value is -3.10. The molecule has 0 spiro atoms. The lowest BCUT2D eigenvalue weighted by Crippen LogP contribution is -2.20. The van der Waals surface area contributed by atoms with Crippen molar-refractivity contribution in [3.8, 4) is 22.6 Å². The fourth-order valence-corrected chi connectivity index (χ4v) is 4.50. The summed E-state index contributed by atoms with van der Waals surface area (Å²) in [5.41, 5.74) is 2.90. The Morgan fingerprint density at radius 3 is 2.45 bits per heavy atom. The van der Waals surface area contributed by atoms with Gasteiger partial charge in [0.2, 0.25) is 0 Å². The molecule has 8 heteroatoms. The van der Waals surface area contributed by atoms with E-state index >= 15 is 0 Å². The lowest BCUT2D eigenvalue weighted by molar-refractivity contribution is 0.0529. The number of thiocarbonyl (C=S) groups is 1. The Morgan fingerprint density at radius 1 is 1.06 bits per heavy atom. The van der Waals surface area contributed by atoms with E-state index in [4.69, 9.17) is 26.4 Å². The highest BCUT2D eigenvalue weighted by molar-refractivity contribution is 7.80. The van der Waals surface area contributed by atoms with Gasteiger partial charge in [-0.25, -0.2) is 4.79 Å². The molecule has 162 valence electrons. The molecule has 0 saturated carbocycles. The van der Waals surface area contributed by atoms with Crippen molar-refractivity contribution >= 4 is 45.3 Å². The van der Waals surface area contributed by atoms with E-state index in [0.29, 0.717) is 32.9 Å². The maximum Gasteiger partial charge on any atom is 0.341 e. The summed E-state index contributed by atoms with van der Waals surface area (Å²) in [6, 6.07) is 15.1. The molecule has 6 nitrogen and oxygen atoms in total. The summed E-state index contributed by atoms with van der Waals surface area (Å²) in [6.07, 6.45) is 0. The molecular weight excluding hydrogens is 432 g/mol. The maximum absolute atomic E-state index is 12.8. The minimum absolute atomic E-state index is 0.283. The molecular formula is C23H24N2O4S2. The third kappa shape index (κ3) is 5.15. The number of esters is 1. The van der Waals surface area contributed by atoms with Crippen LogP contribution in [0.3, 0.4) is 0 Å². The molecule has 0 aliphatic heterocycles. The van der Waals surface area contributed by atoms with Crippen LogP contribution < -0.4 is 20.1 Å². The second-order valence-electron chi connectivity index (χ2n) is 6.47. The minimum Gasteiger partial charge on any atom is -0.497 e. The number of aryl methyl sites for hydroxylation is 1. The van der Waals surface area contributed by atoms with E-state index < -0.39 is 5.97 Å². The van der Waals surface area contributed by atoms with Crippen LogP contribution in [0.15, 0.2) is 48.5 Å². The minimum atomic E-state index is -0.394. The average Bonchev–Trinajstić information content (AvgIpc) is 3.09. The lowest BCUT2D eigenvalue weighted by Gasteiger charge is -2.15. The Morgan fingerprint density at radius 2 is 1.81 bits per heavy atom. The number of anilines is 2. The van der Waals surface area contributed by atoms with Gasteiger partial charge in [0.1, 0.15) is 22.1 Å². The topological polar surface area (TPSA) is 68.8 Å². The Balaban J connectivity index is 1.94. The van der Waals surface area contributed by atoms with Crippen LogP contribution >= 0.6 is 23.6 Å². The van der Waals surface area contributed by atoms with E-state index in [1.54, 1.807) is 39.3 Å². The number of thiophene rings is 1. The Labute approximate surface area is 191 Å². The summed E-state index contributed by atoms with van der Waals surface area (Å²) in [4.78, 5) is 13.8. The molecule has 1 heterocycles. The van der Waals surface area contributed by atoms with Gasteiger partial charge in [-0.05, 0) is 43.8 Å². The van der Waals surface area contributed by atoms with E-state index in [0.717, 1.165) is 16.0 Å². The van der Waals surface area contributed by atoms with Gasteiger partial charge in [-0.1, -0.05) is 30.3 Å². The molecule has 1 aromatic heterocycles. The molecule has 0 unspecified atom stereocenters. The molecule has 0 atom stereocenters. The number of carbonyl (C=O) groups is 1. The number of rotatable bonds is 7. The van der Waals surface area contributed by atoms with Crippen LogP contribution in [0.25, 0.3) is 11.1 Å². The molecule has 3 aromatic rings. The molecule has 31 heavy (non-hydrogen) atoms. The van der Waals surface area contributed by atoms with Crippen LogP contribution in [0.1, 0.15) is 22.2 Å². The first-order chi connectivity index (χ1) is 15.0. The van der Waals surface area contributed by atoms with Crippen molar-refractivity contribution < 1.29 is 19.0 Å². The van der Waals surface area contributed by atoms with E-state index in [2.05, 4.69) is 10.6 Å². The molecule has 0 aliphatic rings. The normalized spacial score (nSPS) is 10.3. The van der Waals surface area contributed by atoms with Crippen LogP contribution in [0, 0.1) is 6.92 Å². The van der Waals surface area contributed by atoms with Crippen LogP contribution in [0.2, 0.25) is 0 Å². The van der Waals surface area contributed by atoms with Gasteiger partial charge in [0, 0.05) is 16.5 Å². The van der Waals surface area contributed by atoms with Crippen LogP contribution in [0.4, 0.5) is 10.7 Å². The van der Waals surface area contributed by atoms with Crippen molar-refractivity contribution in [2.75, 3.05) is 31.5 Å². The van der Waals surface area contributed by atoms with Gasteiger partial charge >= 0.3 is 5.97 Å². The van der Waals surface area contributed by atoms with E-state index in [1.165, 1.54) is 11.3 Å². The maximum atomic E-state index is 12.8. The van der Waals surface area contributed by atoms with Crippen molar-refractivity contribution in [1.82, 2.24) is 0 Å². The molecule has 0 fully saturated rings. The van der Waals surface area contributed by atoms with Crippen LogP contribution in [0.5, 0.6) is 11.5 Å². The average molecular weight is 457 g/mol. The third-order valence-electron chi connectivity index (χ3n) is 4.51. The first-order valence-electron chi connectivity index (χ1n) is 9.64. The van der Waals surface area contributed by atoms with Crippen molar-refractivity contribution in [3.63, 3.8) is 0 Å². The summed E-state index contributed by atoms with van der Waals surface area (Å²) in [7, 11) is 3.17. The fraction of sp³-hybridized carbons (Fsp3) is 0.217. The SMILES string of the molecule is CCOC(=O)c1c(NC(=S)Nc2cc(OC)ccc2OC)sc(C)c1-c1ccccc1. The van der Waals surface area contributed by atoms with Gasteiger partial charge in [0.15, 0.2) is 5.11 Å². The van der Waals surface area contributed by atoms with E-state index in [9.17, 15) is 4.79 Å². The number of ether oxygens (including phenoxy) is 3. The van der Waals surface area contributed by atoms with Gasteiger partial charge in [-0.2, -0.15) is 0 Å². The smallest absolute Gasteiger partial charge is 0.341 e. The quantitative estimate of drug-likeness (QED) is 0.348. The van der Waals surface area contributed by atoms with Crippen LogP contribution in [-0.4, -0.2) is 31.9 Å². The Bertz CT molecular complexity index is 1080. The first-order valence-corrected chi connectivity index (χ1v) is 10.9. The van der Waals surface area contributed by atoms with E-state index in [-0.39, 0.29) is 6.61 Å². The number of nitrogens with one attached hydrogen (secondary N) is 2.